The Kier molecular flexibility index (Phi) is 7.26. The first kappa shape index (κ1) is 23.8. The van der Waals surface area contributed by atoms with Gasteiger partial charge in [0.1, 0.15) is 5.75 Å². The molecule has 0 saturated carbocycles. The van der Waals surface area contributed by atoms with Crippen molar-refractivity contribution in [2.24, 2.45) is 0 Å². The zero-order valence-corrected chi connectivity index (χ0v) is 20.1. The monoisotopic (exact) mass is 471 g/mol. The lowest BCUT2D eigenvalue weighted by Crippen LogP contribution is -2.40. The molecule has 3 aromatic rings. The van der Waals surface area contributed by atoms with Gasteiger partial charge in [-0.05, 0) is 78.9 Å². The minimum absolute atomic E-state index is 0.0297. The average molecular weight is 472 g/mol. The van der Waals surface area contributed by atoms with Crippen LogP contribution in [0.2, 0.25) is 5.02 Å². The maximum atomic E-state index is 13.5. The number of aryl methyl sites for hydroxylation is 2. The number of ether oxygens (including phenoxy) is 1. The number of nitrogens with zero attached hydrogens (tertiary/aromatic N) is 1. The second-order valence-corrected chi connectivity index (χ2v) is 10.1. The highest BCUT2D eigenvalue weighted by Gasteiger charge is 2.32. The van der Waals surface area contributed by atoms with Crippen molar-refractivity contribution in [3.8, 4) is 5.75 Å². The minimum Gasteiger partial charge on any atom is -0.484 e. The fourth-order valence-electron chi connectivity index (χ4n) is 3.22. The Morgan fingerprint density at radius 2 is 1.69 bits per heavy atom. The predicted octanol–water partition coefficient (Wildman–Crippen LogP) is 5.88. The molecule has 0 aliphatic heterocycles. The molecule has 0 atom stereocenters. The van der Waals surface area contributed by atoms with Crippen molar-refractivity contribution in [3.05, 3.63) is 88.4 Å². The van der Waals surface area contributed by atoms with Crippen molar-refractivity contribution in [2.45, 2.75) is 38.5 Å². The summed E-state index contributed by atoms with van der Waals surface area (Å²) in [5.41, 5.74) is 2.85. The summed E-state index contributed by atoms with van der Waals surface area (Å²) in [5, 5.41) is 0.405. The first-order chi connectivity index (χ1) is 15.1. The first-order valence-electron chi connectivity index (χ1n) is 10.2. The van der Waals surface area contributed by atoms with Gasteiger partial charge in [-0.3, -0.25) is 4.79 Å². The van der Waals surface area contributed by atoms with Crippen LogP contribution in [0.1, 0.15) is 36.5 Å². The van der Waals surface area contributed by atoms with E-state index in [0.717, 1.165) is 15.4 Å². The van der Waals surface area contributed by atoms with E-state index in [2.05, 4.69) is 13.8 Å². The van der Waals surface area contributed by atoms with Gasteiger partial charge in [-0.25, -0.2) is 8.42 Å². The second-order valence-electron chi connectivity index (χ2n) is 7.92. The summed E-state index contributed by atoms with van der Waals surface area (Å²) < 4.78 is 33.5. The van der Waals surface area contributed by atoms with Crippen LogP contribution in [0.5, 0.6) is 5.75 Å². The van der Waals surface area contributed by atoms with E-state index in [0.29, 0.717) is 27.9 Å². The number of halogens is 1. The average Bonchev–Trinajstić information content (AvgIpc) is 2.75. The van der Waals surface area contributed by atoms with Gasteiger partial charge in [0.2, 0.25) is 0 Å². The van der Waals surface area contributed by atoms with E-state index in [4.69, 9.17) is 16.3 Å². The third kappa shape index (κ3) is 5.31. The molecule has 0 radical (unpaired) electrons. The molecule has 0 aromatic heterocycles. The van der Waals surface area contributed by atoms with Crippen LogP contribution in [0.25, 0.3) is 0 Å². The fraction of sp³-hybridized carbons (Fsp3) is 0.240. The van der Waals surface area contributed by atoms with Crippen LogP contribution in [0.3, 0.4) is 0 Å². The highest BCUT2D eigenvalue weighted by atomic mass is 35.5. The molecule has 32 heavy (non-hydrogen) atoms. The molecule has 0 heterocycles. The number of carbonyl (C=O) groups is 1. The summed E-state index contributed by atoms with van der Waals surface area (Å²) in [6.45, 7) is 7.30. The quantitative estimate of drug-likeness (QED) is 0.431. The molecule has 0 aliphatic carbocycles. The lowest BCUT2D eigenvalue weighted by atomic mass is 10.0. The summed E-state index contributed by atoms with van der Waals surface area (Å²) in [4.78, 5) is 13.3. The molecule has 7 heteroatoms. The second kappa shape index (κ2) is 9.76. The summed E-state index contributed by atoms with van der Waals surface area (Å²) >= 11 is 5.92. The maximum absolute atomic E-state index is 13.5. The smallest absolute Gasteiger partial charge is 0.278 e. The van der Waals surface area contributed by atoms with Crippen LogP contribution in [-0.4, -0.2) is 20.9 Å². The molecule has 168 valence electrons. The van der Waals surface area contributed by atoms with Crippen LogP contribution in [-0.2, 0) is 14.8 Å². The van der Waals surface area contributed by atoms with E-state index in [1.54, 1.807) is 25.1 Å². The van der Waals surface area contributed by atoms with Gasteiger partial charge in [-0.1, -0.05) is 49.7 Å². The minimum atomic E-state index is -4.19. The number of benzene rings is 3. The molecule has 0 fully saturated rings. The van der Waals surface area contributed by atoms with E-state index < -0.39 is 22.5 Å². The third-order valence-electron chi connectivity index (χ3n) is 5.05. The summed E-state index contributed by atoms with van der Waals surface area (Å²) in [5.74, 6) is 0.115. The van der Waals surface area contributed by atoms with E-state index >= 15 is 0 Å². The van der Waals surface area contributed by atoms with E-state index in [1.807, 2.05) is 31.2 Å². The molecule has 0 N–H and O–H groups in total. The molecule has 0 bridgehead atoms. The number of hydrogen-bond acceptors (Lipinski definition) is 4. The standard InChI is InChI=1S/C25H26ClNO4S/c1-17(2)20-6-5-7-22(15-20)31-16-25(28)27(24-14-18(3)8-9-19(24)4)32(29,30)23-12-10-21(26)11-13-23/h5-15,17H,16H2,1-4H3. The van der Waals surface area contributed by atoms with Crippen molar-refractivity contribution in [2.75, 3.05) is 10.9 Å². The summed E-state index contributed by atoms with van der Waals surface area (Å²) in [7, 11) is -4.19. The highest BCUT2D eigenvalue weighted by molar-refractivity contribution is 7.93. The van der Waals surface area contributed by atoms with Crippen molar-refractivity contribution in [1.82, 2.24) is 0 Å². The van der Waals surface area contributed by atoms with Crippen molar-refractivity contribution < 1.29 is 17.9 Å². The molecular formula is C25H26ClNO4S. The largest absolute Gasteiger partial charge is 0.484 e. The molecule has 5 nitrogen and oxygen atoms in total. The Morgan fingerprint density at radius 1 is 1.00 bits per heavy atom. The number of carbonyl (C=O) groups excluding carboxylic acids is 1. The van der Waals surface area contributed by atoms with Gasteiger partial charge in [0.15, 0.2) is 6.61 Å². The fourth-order valence-corrected chi connectivity index (χ4v) is 4.81. The Morgan fingerprint density at radius 3 is 2.34 bits per heavy atom. The molecule has 0 unspecified atom stereocenters. The number of rotatable bonds is 7. The summed E-state index contributed by atoms with van der Waals surface area (Å²) in [6, 6.07) is 18.5. The van der Waals surface area contributed by atoms with Crippen LogP contribution in [0.15, 0.2) is 71.6 Å². The first-order valence-corrected chi connectivity index (χ1v) is 12.0. The van der Waals surface area contributed by atoms with E-state index in [1.165, 1.54) is 24.3 Å². The third-order valence-corrected chi connectivity index (χ3v) is 7.05. The van der Waals surface area contributed by atoms with Crippen LogP contribution in [0.4, 0.5) is 5.69 Å². The van der Waals surface area contributed by atoms with Gasteiger partial charge in [0.05, 0.1) is 10.6 Å². The molecular weight excluding hydrogens is 446 g/mol. The molecule has 0 spiro atoms. The number of anilines is 1. The normalized spacial score (nSPS) is 11.4. The zero-order chi connectivity index (χ0) is 23.5. The molecule has 3 rings (SSSR count). The van der Waals surface area contributed by atoms with Crippen LogP contribution >= 0.6 is 11.6 Å². The van der Waals surface area contributed by atoms with Crippen LogP contribution < -0.4 is 9.04 Å². The van der Waals surface area contributed by atoms with Gasteiger partial charge >= 0.3 is 0 Å². The number of hydrogen-bond donors (Lipinski definition) is 0. The predicted molar refractivity (Wildman–Crippen MR) is 128 cm³/mol. The summed E-state index contributed by atoms with van der Waals surface area (Å²) in [6.07, 6.45) is 0. The SMILES string of the molecule is Cc1ccc(C)c(N(C(=O)COc2cccc(C(C)C)c2)S(=O)(=O)c2ccc(Cl)cc2)c1. The van der Waals surface area contributed by atoms with Gasteiger partial charge in [-0.15, -0.1) is 0 Å². The van der Waals surface area contributed by atoms with E-state index in [-0.39, 0.29) is 4.90 Å². The van der Waals surface area contributed by atoms with Crippen molar-refractivity contribution in [1.29, 1.82) is 0 Å². The number of amides is 1. The maximum Gasteiger partial charge on any atom is 0.278 e. The Labute approximate surface area is 194 Å². The van der Waals surface area contributed by atoms with Gasteiger partial charge < -0.3 is 4.74 Å². The molecule has 0 saturated heterocycles. The van der Waals surface area contributed by atoms with E-state index in [9.17, 15) is 13.2 Å². The Balaban J connectivity index is 1.99. The highest BCUT2D eigenvalue weighted by Crippen LogP contribution is 2.29. The Bertz CT molecular complexity index is 1220. The number of sulfonamides is 1. The van der Waals surface area contributed by atoms with Crippen LogP contribution in [0, 0.1) is 13.8 Å². The molecule has 0 aliphatic rings. The topological polar surface area (TPSA) is 63.7 Å². The lowest BCUT2D eigenvalue weighted by Gasteiger charge is -2.25. The van der Waals surface area contributed by atoms with Crippen molar-refractivity contribution >= 4 is 33.2 Å². The molecule has 3 aromatic carbocycles. The Hall–Kier alpha value is -2.83. The van der Waals surface area contributed by atoms with Gasteiger partial charge in [-0.2, -0.15) is 4.31 Å². The van der Waals surface area contributed by atoms with Gasteiger partial charge in [0, 0.05) is 5.02 Å². The zero-order valence-electron chi connectivity index (χ0n) is 18.5. The van der Waals surface area contributed by atoms with Crippen molar-refractivity contribution in [3.63, 3.8) is 0 Å². The van der Waals surface area contributed by atoms with Gasteiger partial charge in [0.25, 0.3) is 15.9 Å². The molecule has 1 amide bonds. The lowest BCUT2D eigenvalue weighted by molar-refractivity contribution is -0.119.